The Labute approximate surface area is 211 Å². The molecule has 0 spiro atoms. The molecule has 2 N–H and O–H groups in total. The SMILES string of the molecule is C/C=C(\C(=C/C)C(=O)Nc1ccc(-c2cc(NC(=O)c3ccccc3)n(C)n2)cc1)c1ccccc1. The molecule has 0 saturated heterocycles. The van der Waals surface area contributed by atoms with E-state index in [1.54, 1.807) is 23.9 Å². The summed E-state index contributed by atoms with van der Waals surface area (Å²) in [4.78, 5) is 25.6. The number of carbonyl (C=O) groups excluding carboxylic acids is 2. The highest BCUT2D eigenvalue weighted by atomic mass is 16.2. The maximum Gasteiger partial charge on any atom is 0.256 e. The average Bonchev–Trinajstić information content (AvgIpc) is 3.28. The maximum atomic E-state index is 13.1. The summed E-state index contributed by atoms with van der Waals surface area (Å²) in [5.41, 5.74) is 5.32. The first kappa shape index (κ1) is 24.4. The number of aromatic nitrogens is 2. The number of hydrogen-bond acceptors (Lipinski definition) is 3. The molecule has 0 aliphatic heterocycles. The quantitative estimate of drug-likeness (QED) is 0.242. The summed E-state index contributed by atoms with van der Waals surface area (Å²) in [5.74, 6) is 0.221. The van der Waals surface area contributed by atoms with Crippen molar-refractivity contribution in [2.45, 2.75) is 13.8 Å². The van der Waals surface area contributed by atoms with Crippen molar-refractivity contribution < 1.29 is 9.59 Å². The number of benzene rings is 3. The first-order valence-electron chi connectivity index (χ1n) is 11.7. The number of allylic oxidation sites excluding steroid dienone is 2. The highest BCUT2D eigenvalue weighted by Crippen LogP contribution is 2.26. The number of rotatable bonds is 7. The number of anilines is 2. The Kier molecular flexibility index (Phi) is 7.56. The molecule has 0 bridgehead atoms. The van der Waals surface area contributed by atoms with E-state index >= 15 is 0 Å². The first-order valence-corrected chi connectivity index (χ1v) is 11.7. The monoisotopic (exact) mass is 476 g/mol. The number of aryl methyl sites for hydroxylation is 1. The van der Waals surface area contributed by atoms with Crippen molar-refractivity contribution in [1.82, 2.24) is 9.78 Å². The van der Waals surface area contributed by atoms with Crippen LogP contribution < -0.4 is 10.6 Å². The standard InChI is InChI=1S/C30H28N4O2/c1-4-25(21-12-8-6-9-13-21)26(5-2)30(36)31-24-18-16-22(17-19-24)27-20-28(34(3)33-27)32-29(35)23-14-10-7-11-15-23/h4-20H,1-3H3,(H,31,36)(H,32,35)/b25-4-,26-5+. The molecule has 1 heterocycles. The van der Waals surface area contributed by atoms with Gasteiger partial charge in [-0.2, -0.15) is 5.10 Å². The van der Waals surface area contributed by atoms with Crippen LogP contribution in [-0.4, -0.2) is 21.6 Å². The second-order valence-corrected chi connectivity index (χ2v) is 8.16. The number of hydrogen-bond donors (Lipinski definition) is 2. The third kappa shape index (κ3) is 5.50. The van der Waals surface area contributed by atoms with E-state index in [1.807, 2.05) is 105 Å². The van der Waals surface area contributed by atoms with Crippen LogP contribution in [-0.2, 0) is 11.8 Å². The van der Waals surface area contributed by atoms with Crippen molar-refractivity contribution in [3.63, 3.8) is 0 Å². The lowest BCUT2D eigenvalue weighted by Gasteiger charge is -2.13. The van der Waals surface area contributed by atoms with E-state index < -0.39 is 0 Å². The molecule has 4 aromatic rings. The molecule has 180 valence electrons. The van der Waals surface area contributed by atoms with Crippen LogP contribution in [0.2, 0.25) is 0 Å². The van der Waals surface area contributed by atoms with Gasteiger partial charge >= 0.3 is 0 Å². The molecule has 36 heavy (non-hydrogen) atoms. The molecule has 6 heteroatoms. The van der Waals surface area contributed by atoms with Gasteiger partial charge in [-0.15, -0.1) is 0 Å². The molecule has 6 nitrogen and oxygen atoms in total. The Morgan fingerprint density at radius 1 is 0.778 bits per heavy atom. The van der Waals surface area contributed by atoms with Crippen LogP contribution in [0.4, 0.5) is 11.5 Å². The van der Waals surface area contributed by atoms with Gasteiger partial charge in [-0.1, -0.05) is 72.8 Å². The van der Waals surface area contributed by atoms with Gasteiger partial charge in [0.15, 0.2) is 0 Å². The molecular formula is C30H28N4O2. The summed E-state index contributed by atoms with van der Waals surface area (Å²) < 4.78 is 1.63. The van der Waals surface area contributed by atoms with Gasteiger partial charge in [0.1, 0.15) is 5.82 Å². The molecule has 3 aromatic carbocycles. The summed E-state index contributed by atoms with van der Waals surface area (Å²) >= 11 is 0. The van der Waals surface area contributed by atoms with Crippen LogP contribution in [0.25, 0.3) is 16.8 Å². The summed E-state index contributed by atoms with van der Waals surface area (Å²) in [5, 5.41) is 10.4. The predicted octanol–water partition coefficient (Wildman–Crippen LogP) is 6.33. The van der Waals surface area contributed by atoms with Crippen LogP contribution in [0, 0.1) is 0 Å². The lowest BCUT2D eigenvalue weighted by atomic mass is 9.96. The fourth-order valence-electron chi connectivity index (χ4n) is 3.93. The lowest BCUT2D eigenvalue weighted by Crippen LogP contribution is -2.15. The van der Waals surface area contributed by atoms with Gasteiger partial charge in [0.25, 0.3) is 11.8 Å². The fourth-order valence-corrected chi connectivity index (χ4v) is 3.93. The van der Waals surface area contributed by atoms with Crippen molar-refractivity contribution >= 4 is 28.9 Å². The fraction of sp³-hybridized carbons (Fsp3) is 0.100. The van der Waals surface area contributed by atoms with E-state index in [2.05, 4.69) is 15.7 Å². The molecule has 2 amide bonds. The lowest BCUT2D eigenvalue weighted by molar-refractivity contribution is -0.112. The van der Waals surface area contributed by atoms with Crippen LogP contribution in [0.15, 0.2) is 109 Å². The molecule has 0 aliphatic rings. The second kappa shape index (κ2) is 11.1. The molecular weight excluding hydrogens is 448 g/mol. The zero-order valence-electron chi connectivity index (χ0n) is 20.5. The van der Waals surface area contributed by atoms with E-state index in [0.29, 0.717) is 28.3 Å². The van der Waals surface area contributed by atoms with Gasteiger partial charge in [-0.25, -0.2) is 0 Å². The molecule has 4 rings (SSSR count). The minimum absolute atomic E-state index is 0.175. The number of amides is 2. The zero-order valence-corrected chi connectivity index (χ0v) is 20.5. The Hall–Kier alpha value is -4.71. The first-order chi connectivity index (χ1) is 17.5. The zero-order chi connectivity index (χ0) is 25.5. The minimum atomic E-state index is -0.195. The molecule has 0 aliphatic carbocycles. The van der Waals surface area contributed by atoms with Crippen molar-refractivity contribution in [1.29, 1.82) is 0 Å². The normalized spacial score (nSPS) is 11.8. The summed E-state index contributed by atoms with van der Waals surface area (Å²) in [6.45, 7) is 3.79. The van der Waals surface area contributed by atoms with Gasteiger partial charge in [0.2, 0.25) is 0 Å². The summed E-state index contributed by atoms with van der Waals surface area (Å²) in [6.07, 6.45) is 3.77. The van der Waals surface area contributed by atoms with E-state index in [1.165, 1.54) is 0 Å². The smallest absolute Gasteiger partial charge is 0.256 e. The van der Waals surface area contributed by atoms with Gasteiger partial charge in [0, 0.05) is 35.5 Å². The largest absolute Gasteiger partial charge is 0.322 e. The van der Waals surface area contributed by atoms with Crippen molar-refractivity contribution in [3.05, 3.63) is 120 Å². The molecule has 0 unspecified atom stereocenters. The average molecular weight is 477 g/mol. The van der Waals surface area contributed by atoms with Crippen molar-refractivity contribution in [3.8, 4) is 11.3 Å². The van der Waals surface area contributed by atoms with Gasteiger partial charge in [0.05, 0.1) is 5.69 Å². The minimum Gasteiger partial charge on any atom is -0.322 e. The Morgan fingerprint density at radius 2 is 1.39 bits per heavy atom. The molecule has 0 atom stereocenters. The maximum absolute atomic E-state index is 13.1. The third-order valence-corrected chi connectivity index (χ3v) is 5.79. The van der Waals surface area contributed by atoms with Gasteiger partial charge in [-0.3, -0.25) is 14.3 Å². The number of nitrogens with zero attached hydrogens (tertiary/aromatic N) is 2. The highest BCUT2D eigenvalue weighted by Gasteiger charge is 2.16. The number of carbonyl (C=O) groups is 2. The molecule has 1 aromatic heterocycles. The Bertz CT molecular complexity index is 1420. The third-order valence-electron chi connectivity index (χ3n) is 5.79. The van der Waals surface area contributed by atoms with E-state index in [-0.39, 0.29) is 11.8 Å². The second-order valence-electron chi connectivity index (χ2n) is 8.16. The molecule has 0 fully saturated rings. The summed E-state index contributed by atoms with van der Waals surface area (Å²) in [6, 6.07) is 28.2. The van der Waals surface area contributed by atoms with Crippen LogP contribution in [0.5, 0.6) is 0 Å². The Morgan fingerprint density at radius 3 is 1.97 bits per heavy atom. The predicted molar refractivity (Wildman–Crippen MR) is 146 cm³/mol. The molecule has 0 saturated carbocycles. The van der Waals surface area contributed by atoms with Crippen LogP contribution in [0.1, 0.15) is 29.8 Å². The summed E-state index contributed by atoms with van der Waals surface area (Å²) in [7, 11) is 1.78. The van der Waals surface area contributed by atoms with Gasteiger partial charge < -0.3 is 10.6 Å². The van der Waals surface area contributed by atoms with E-state index in [9.17, 15) is 9.59 Å². The highest BCUT2D eigenvalue weighted by molar-refractivity contribution is 6.15. The van der Waals surface area contributed by atoms with E-state index in [0.717, 1.165) is 16.7 Å². The Balaban J connectivity index is 1.46. The van der Waals surface area contributed by atoms with E-state index in [4.69, 9.17) is 0 Å². The molecule has 0 radical (unpaired) electrons. The van der Waals surface area contributed by atoms with Crippen LogP contribution in [0.3, 0.4) is 0 Å². The van der Waals surface area contributed by atoms with Crippen molar-refractivity contribution in [2.75, 3.05) is 10.6 Å². The van der Waals surface area contributed by atoms with Crippen LogP contribution >= 0.6 is 0 Å². The van der Waals surface area contributed by atoms with Gasteiger partial charge in [-0.05, 0) is 49.2 Å². The topological polar surface area (TPSA) is 76.0 Å². The number of nitrogens with one attached hydrogen (secondary N) is 2. The van der Waals surface area contributed by atoms with Crippen molar-refractivity contribution in [2.24, 2.45) is 7.05 Å².